The van der Waals surface area contributed by atoms with Gasteiger partial charge in [-0.2, -0.15) is 0 Å². The topological polar surface area (TPSA) is 78.4 Å². The lowest BCUT2D eigenvalue weighted by Gasteiger charge is -2.17. The number of carbonyl (C=O) groups is 2. The second kappa shape index (κ2) is 7.11. The number of hydrogen-bond donors (Lipinski definition) is 3. The van der Waals surface area contributed by atoms with E-state index in [2.05, 4.69) is 10.6 Å². The monoisotopic (exact) mass is 290 g/mol. The predicted molar refractivity (Wildman–Crippen MR) is 80.0 cm³/mol. The van der Waals surface area contributed by atoms with Gasteiger partial charge >= 0.3 is 12.0 Å². The van der Waals surface area contributed by atoms with E-state index >= 15 is 0 Å². The van der Waals surface area contributed by atoms with Gasteiger partial charge in [0, 0.05) is 12.1 Å². The summed E-state index contributed by atoms with van der Waals surface area (Å²) < 4.78 is 0. The van der Waals surface area contributed by atoms with Gasteiger partial charge in [0.1, 0.15) is 0 Å². The van der Waals surface area contributed by atoms with Crippen LogP contribution in [0.1, 0.15) is 31.7 Å². The highest BCUT2D eigenvalue weighted by molar-refractivity contribution is 5.75. The lowest BCUT2D eigenvalue weighted by Crippen LogP contribution is -2.45. The number of carboxylic acid groups (broad SMARTS) is 1. The van der Waals surface area contributed by atoms with E-state index in [-0.39, 0.29) is 24.0 Å². The van der Waals surface area contributed by atoms with Crippen molar-refractivity contribution >= 4 is 12.0 Å². The normalized spacial score (nSPS) is 22.5. The number of carboxylic acids is 1. The van der Waals surface area contributed by atoms with Gasteiger partial charge in [-0.3, -0.25) is 4.79 Å². The highest BCUT2D eigenvalue weighted by Crippen LogP contribution is 2.25. The Morgan fingerprint density at radius 1 is 1.29 bits per heavy atom. The molecule has 1 unspecified atom stereocenters. The highest BCUT2D eigenvalue weighted by atomic mass is 16.4. The van der Waals surface area contributed by atoms with Crippen molar-refractivity contribution in [2.75, 3.05) is 0 Å². The van der Waals surface area contributed by atoms with Crippen molar-refractivity contribution in [1.82, 2.24) is 10.6 Å². The molecule has 0 saturated heterocycles. The zero-order valence-electron chi connectivity index (χ0n) is 12.2. The second-order valence-corrected chi connectivity index (χ2v) is 5.75. The summed E-state index contributed by atoms with van der Waals surface area (Å²) in [6, 6.07) is 9.77. The molecule has 0 aliphatic heterocycles. The van der Waals surface area contributed by atoms with Crippen LogP contribution in [0.4, 0.5) is 4.79 Å². The maximum atomic E-state index is 11.9. The molecule has 1 saturated carbocycles. The van der Waals surface area contributed by atoms with Crippen LogP contribution < -0.4 is 10.6 Å². The lowest BCUT2D eigenvalue weighted by atomic mass is 10.1. The molecule has 2 amide bonds. The number of hydrogen-bond acceptors (Lipinski definition) is 2. The fourth-order valence-electron chi connectivity index (χ4n) is 2.81. The first kappa shape index (κ1) is 15.4. The Morgan fingerprint density at radius 2 is 2.00 bits per heavy atom. The predicted octanol–water partition coefficient (Wildman–Crippen LogP) is 2.17. The zero-order chi connectivity index (χ0) is 15.2. The zero-order valence-corrected chi connectivity index (χ0v) is 12.2. The van der Waals surface area contributed by atoms with Gasteiger partial charge in [-0.25, -0.2) is 4.79 Å². The number of aliphatic carboxylic acids is 1. The smallest absolute Gasteiger partial charge is 0.315 e. The molecule has 3 atom stereocenters. The minimum absolute atomic E-state index is 0.0315. The molecule has 1 aliphatic carbocycles. The van der Waals surface area contributed by atoms with Crippen LogP contribution in [0.25, 0.3) is 0 Å². The molecule has 0 spiro atoms. The summed E-state index contributed by atoms with van der Waals surface area (Å²) in [4.78, 5) is 22.8. The number of amides is 2. The summed E-state index contributed by atoms with van der Waals surface area (Å²) in [6.07, 6.45) is 2.67. The Balaban J connectivity index is 1.73. The molecular formula is C16H22N2O3. The van der Waals surface area contributed by atoms with Gasteiger partial charge in [0.2, 0.25) is 0 Å². The molecule has 0 bridgehead atoms. The summed E-state index contributed by atoms with van der Waals surface area (Å²) in [5.41, 5.74) is 1.18. The summed E-state index contributed by atoms with van der Waals surface area (Å²) in [5, 5.41) is 14.7. The first-order valence-electron chi connectivity index (χ1n) is 7.38. The van der Waals surface area contributed by atoms with Crippen LogP contribution in [-0.2, 0) is 11.2 Å². The van der Waals surface area contributed by atoms with Crippen molar-refractivity contribution < 1.29 is 14.7 Å². The molecule has 0 aromatic heterocycles. The summed E-state index contributed by atoms with van der Waals surface area (Å²) in [6.45, 7) is 1.96. The van der Waals surface area contributed by atoms with Crippen molar-refractivity contribution in [2.45, 2.75) is 44.7 Å². The number of rotatable bonds is 5. The van der Waals surface area contributed by atoms with Crippen LogP contribution in [0.2, 0.25) is 0 Å². The SMILES string of the molecule is CC(Cc1ccccc1)NC(=O)N[C@H]1CC[C@@H](C(=O)O)C1. The van der Waals surface area contributed by atoms with Crippen molar-refractivity contribution in [2.24, 2.45) is 5.92 Å². The third kappa shape index (κ3) is 4.77. The van der Waals surface area contributed by atoms with Gasteiger partial charge in [-0.15, -0.1) is 0 Å². The summed E-state index contributed by atoms with van der Waals surface area (Å²) >= 11 is 0. The van der Waals surface area contributed by atoms with Gasteiger partial charge < -0.3 is 15.7 Å². The van der Waals surface area contributed by atoms with Crippen molar-refractivity contribution in [1.29, 1.82) is 0 Å². The minimum atomic E-state index is -0.767. The minimum Gasteiger partial charge on any atom is -0.481 e. The highest BCUT2D eigenvalue weighted by Gasteiger charge is 2.30. The van der Waals surface area contributed by atoms with Crippen LogP contribution in [0.5, 0.6) is 0 Å². The van der Waals surface area contributed by atoms with E-state index in [9.17, 15) is 9.59 Å². The summed E-state index contributed by atoms with van der Waals surface area (Å²) in [7, 11) is 0. The molecule has 1 aromatic carbocycles. The first-order chi connectivity index (χ1) is 10.0. The molecule has 21 heavy (non-hydrogen) atoms. The molecule has 5 nitrogen and oxygen atoms in total. The van der Waals surface area contributed by atoms with Crippen molar-refractivity contribution in [3.63, 3.8) is 0 Å². The first-order valence-corrected chi connectivity index (χ1v) is 7.38. The molecule has 0 radical (unpaired) electrons. The molecule has 5 heteroatoms. The average molecular weight is 290 g/mol. The fourth-order valence-corrected chi connectivity index (χ4v) is 2.81. The van der Waals surface area contributed by atoms with E-state index in [0.29, 0.717) is 12.8 Å². The van der Waals surface area contributed by atoms with E-state index in [4.69, 9.17) is 5.11 Å². The van der Waals surface area contributed by atoms with Gasteiger partial charge in [0.25, 0.3) is 0 Å². The van der Waals surface area contributed by atoms with Crippen molar-refractivity contribution in [3.05, 3.63) is 35.9 Å². The third-order valence-electron chi connectivity index (χ3n) is 3.88. The Hall–Kier alpha value is -2.04. The van der Waals surface area contributed by atoms with E-state index in [0.717, 1.165) is 12.8 Å². The molecule has 1 aromatic rings. The molecule has 1 fully saturated rings. The molecule has 114 valence electrons. The van der Waals surface area contributed by atoms with Gasteiger partial charge in [-0.05, 0) is 38.2 Å². The molecule has 3 N–H and O–H groups in total. The quantitative estimate of drug-likeness (QED) is 0.777. The van der Waals surface area contributed by atoms with Crippen LogP contribution in [0, 0.1) is 5.92 Å². The molecule has 0 heterocycles. The van der Waals surface area contributed by atoms with E-state index < -0.39 is 5.97 Å². The Bertz CT molecular complexity index is 490. The Kier molecular flexibility index (Phi) is 5.20. The van der Waals surface area contributed by atoms with E-state index in [1.54, 1.807) is 0 Å². The van der Waals surface area contributed by atoms with Crippen LogP contribution in [0.3, 0.4) is 0 Å². The van der Waals surface area contributed by atoms with Crippen LogP contribution in [0.15, 0.2) is 30.3 Å². The molecule has 2 rings (SSSR count). The number of urea groups is 1. The van der Waals surface area contributed by atoms with Crippen LogP contribution >= 0.6 is 0 Å². The van der Waals surface area contributed by atoms with Gasteiger partial charge in [-0.1, -0.05) is 30.3 Å². The number of benzene rings is 1. The standard InChI is InChI=1S/C16H22N2O3/c1-11(9-12-5-3-2-4-6-12)17-16(21)18-14-8-7-13(10-14)15(19)20/h2-6,11,13-14H,7-10H2,1H3,(H,19,20)(H2,17,18,21)/t11?,13-,14+/m1/s1. The lowest BCUT2D eigenvalue weighted by molar-refractivity contribution is -0.141. The molecular weight excluding hydrogens is 268 g/mol. The van der Waals surface area contributed by atoms with E-state index in [1.165, 1.54) is 5.56 Å². The summed E-state index contributed by atoms with van der Waals surface area (Å²) in [5.74, 6) is -1.09. The van der Waals surface area contributed by atoms with Crippen molar-refractivity contribution in [3.8, 4) is 0 Å². The largest absolute Gasteiger partial charge is 0.481 e. The fraction of sp³-hybridized carbons (Fsp3) is 0.500. The van der Waals surface area contributed by atoms with Gasteiger partial charge in [0.05, 0.1) is 5.92 Å². The Labute approximate surface area is 124 Å². The maximum Gasteiger partial charge on any atom is 0.315 e. The van der Waals surface area contributed by atoms with Crippen LogP contribution in [-0.4, -0.2) is 29.2 Å². The third-order valence-corrected chi connectivity index (χ3v) is 3.88. The number of nitrogens with one attached hydrogen (secondary N) is 2. The average Bonchev–Trinajstić information content (AvgIpc) is 2.88. The number of carbonyl (C=O) groups excluding carboxylic acids is 1. The molecule has 1 aliphatic rings. The Morgan fingerprint density at radius 3 is 2.62 bits per heavy atom. The maximum absolute atomic E-state index is 11.9. The second-order valence-electron chi connectivity index (χ2n) is 5.75. The van der Waals surface area contributed by atoms with E-state index in [1.807, 2.05) is 37.3 Å². The van der Waals surface area contributed by atoms with Gasteiger partial charge in [0.15, 0.2) is 0 Å².